The van der Waals surface area contributed by atoms with Crippen LogP contribution in [0.2, 0.25) is 25.7 Å². The molecule has 10 heteroatoms. The van der Waals surface area contributed by atoms with Gasteiger partial charge in [0.15, 0.2) is 0 Å². The molecule has 1 aromatic carbocycles. The number of cyclic esters (lactones) is 1. The van der Waals surface area contributed by atoms with Crippen molar-refractivity contribution in [3.63, 3.8) is 0 Å². The number of esters is 1. The molecule has 1 N–H and O–H groups in total. The maximum absolute atomic E-state index is 12.4. The predicted molar refractivity (Wildman–Crippen MR) is 170 cm³/mol. The fourth-order valence-corrected chi connectivity index (χ4v) is 6.24. The number of benzene rings is 1. The van der Waals surface area contributed by atoms with Gasteiger partial charge in [-0.3, -0.25) is 4.79 Å². The molecule has 0 amide bonds. The fourth-order valence-electron chi connectivity index (χ4n) is 5.49. The number of carbonyl (C=O) groups excluding carboxylic acids is 1. The number of hydrogen-bond donors (Lipinski definition) is 1. The molecule has 4 unspecified atom stereocenters. The molecule has 4 atom stereocenters. The second-order valence-corrected chi connectivity index (χ2v) is 19.0. The first-order valence-electron chi connectivity index (χ1n) is 15.2. The summed E-state index contributed by atoms with van der Waals surface area (Å²) in [4.78, 5) is 15.5. The van der Waals surface area contributed by atoms with E-state index in [9.17, 15) is 15.4 Å². The summed E-state index contributed by atoms with van der Waals surface area (Å²) >= 11 is 0. The highest BCUT2D eigenvalue weighted by molar-refractivity contribution is 6.76. The van der Waals surface area contributed by atoms with Gasteiger partial charge in [-0.1, -0.05) is 58.5 Å². The lowest BCUT2D eigenvalue weighted by molar-refractivity contribution is -0.141. The van der Waals surface area contributed by atoms with Gasteiger partial charge in [-0.05, 0) is 77.9 Å². The van der Waals surface area contributed by atoms with E-state index in [1.165, 1.54) is 5.56 Å². The van der Waals surface area contributed by atoms with Crippen LogP contribution < -0.4 is 0 Å². The molecule has 42 heavy (non-hydrogen) atoms. The Hall–Kier alpha value is -2.62. The highest BCUT2D eigenvalue weighted by Crippen LogP contribution is 2.38. The largest absolute Gasteiger partial charge is 0.431 e. The van der Waals surface area contributed by atoms with Gasteiger partial charge in [0.2, 0.25) is 0 Å². The van der Waals surface area contributed by atoms with Crippen LogP contribution in [0.25, 0.3) is 21.3 Å². The summed E-state index contributed by atoms with van der Waals surface area (Å²) in [5, 5.41) is 16.8. The van der Waals surface area contributed by atoms with Crippen LogP contribution in [0.3, 0.4) is 0 Å². The first kappa shape index (κ1) is 33.9. The van der Waals surface area contributed by atoms with E-state index in [-0.39, 0.29) is 29.6 Å². The molecule has 2 aromatic rings. The van der Waals surface area contributed by atoms with Crippen molar-refractivity contribution >= 4 is 24.9 Å². The Morgan fingerprint density at radius 1 is 1.19 bits per heavy atom. The lowest BCUT2D eigenvalue weighted by Gasteiger charge is -2.29. The number of nitrogens with zero attached hydrogens (tertiary/aromatic N) is 4. The van der Waals surface area contributed by atoms with Crippen LogP contribution in [0.4, 0.5) is 0 Å². The quantitative estimate of drug-likeness (QED) is 0.0502. The molecule has 0 saturated carbocycles. The molecule has 232 valence electrons. The van der Waals surface area contributed by atoms with E-state index in [0.29, 0.717) is 25.5 Å². The molecule has 0 fully saturated rings. The molecule has 0 aliphatic carbocycles. The van der Waals surface area contributed by atoms with Gasteiger partial charge in [-0.25, -0.2) is 0 Å². The number of aryl methyl sites for hydroxylation is 1. The third-order valence-corrected chi connectivity index (χ3v) is 9.88. The maximum Gasteiger partial charge on any atom is 0.318 e. The number of aromatic nitrogens is 1. The predicted octanol–water partition coefficient (Wildman–Crippen LogP) is 7.62. The molecule has 1 aliphatic heterocycles. The molecule has 3 rings (SSSR count). The third kappa shape index (κ3) is 8.94. The molecule has 1 aliphatic rings. The van der Waals surface area contributed by atoms with Gasteiger partial charge in [-0.15, -0.1) is 0 Å². The van der Waals surface area contributed by atoms with Crippen LogP contribution in [0.15, 0.2) is 41.3 Å². The Bertz CT molecular complexity index is 1280. The highest BCUT2D eigenvalue weighted by Gasteiger charge is 2.36. The van der Waals surface area contributed by atoms with Crippen LogP contribution in [0.1, 0.15) is 57.8 Å². The van der Waals surface area contributed by atoms with Crippen molar-refractivity contribution in [1.29, 1.82) is 0 Å². The van der Waals surface area contributed by atoms with Gasteiger partial charge in [0.05, 0.1) is 23.6 Å². The van der Waals surface area contributed by atoms with E-state index in [0.717, 1.165) is 42.0 Å². The minimum atomic E-state index is -1.17. The average molecular weight is 599 g/mol. The molecular formula is C32H50N4O5Si. The number of ether oxygens (including phenoxy) is 3. The topological polar surface area (TPSA) is 119 Å². The zero-order chi connectivity index (χ0) is 31.0. The van der Waals surface area contributed by atoms with Crippen molar-refractivity contribution < 1.29 is 24.1 Å². The number of hydrogen-bond acceptors (Lipinski definition) is 6. The minimum Gasteiger partial charge on any atom is -0.431 e. The van der Waals surface area contributed by atoms with E-state index >= 15 is 0 Å². The second-order valence-electron chi connectivity index (χ2n) is 13.4. The fraction of sp³-hybridized carbons (Fsp3) is 0.656. The summed E-state index contributed by atoms with van der Waals surface area (Å²) in [6.45, 7) is 17.0. The Kier molecular flexibility index (Phi) is 12.3. The van der Waals surface area contributed by atoms with Crippen molar-refractivity contribution in [3.8, 4) is 0 Å². The highest BCUT2D eigenvalue weighted by atomic mass is 28.3. The molecular weight excluding hydrogens is 548 g/mol. The summed E-state index contributed by atoms with van der Waals surface area (Å²) in [5.74, 6) is -0.371. The molecule has 1 aromatic heterocycles. The lowest BCUT2D eigenvalue weighted by Crippen LogP contribution is -2.24. The van der Waals surface area contributed by atoms with Crippen molar-refractivity contribution in [2.24, 2.45) is 28.8 Å². The van der Waals surface area contributed by atoms with Gasteiger partial charge in [0.1, 0.15) is 12.5 Å². The van der Waals surface area contributed by atoms with E-state index in [2.05, 4.69) is 66.4 Å². The van der Waals surface area contributed by atoms with E-state index in [1.807, 2.05) is 19.9 Å². The van der Waals surface area contributed by atoms with Gasteiger partial charge in [-0.2, -0.15) is 0 Å². The van der Waals surface area contributed by atoms with Gasteiger partial charge in [0, 0.05) is 44.9 Å². The van der Waals surface area contributed by atoms with Crippen LogP contribution in [-0.4, -0.2) is 50.1 Å². The normalized spacial score (nSPS) is 17.8. The molecule has 0 radical (unpaired) electrons. The monoisotopic (exact) mass is 598 g/mol. The van der Waals surface area contributed by atoms with Crippen molar-refractivity contribution in [2.75, 3.05) is 20.3 Å². The Balaban J connectivity index is 1.89. The van der Waals surface area contributed by atoms with Crippen LogP contribution in [0, 0.1) is 23.7 Å². The summed E-state index contributed by atoms with van der Waals surface area (Å²) in [6.07, 6.45) is 5.25. The summed E-state index contributed by atoms with van der Waals surface area (Å²) < 4.78 is 19.1. The zero-order valence-corrected chi connectivity index (χ0v) is 27.7. The lowest BCUT2D eigenvalue weighted by atomic mass is 9.81. The number of fused-ring (bicyclic) bond motifs is 1. The van der Waals surface area contributed by atoms with Gasteiger partial charge < -0.3 is 23.9 Å². The first-order chi connectivity index (χ1) is 19.9. The van der Waals surface area contributed by atoms with Crippen LogP contribution >= 0.6 is 0 Å². The van der Waals surface area contributed by atoms with Gasteiger partial charge in [0.25, 0.3) is 0 Å². The standard InChI is InChI=1S/C32H50N4O5Si/c1-21(2)25(17-28(34-35-33)30-18-26(22(3)4)32(38)41-30)31(37)23-11-12-29-27(16-23)24(10-9-13-39-5)19-36(29)20-40-14-15-42(6,7)8/h11-12,16,18-19,21-22,25-26,28,31,37H,9-10,13-15,17,20H2,1-8H3. The number of aliphatic hydroxyl groups excluding tert-OH is 1. The van der Waals surface area contributed by atoms with Crippen LogP contribution in [-0.2, 0) is 32.2 Å². The number of azide groups is 1. The van der Waals surface area contributed by atoms with Gasteiger partial charge >= 0.3 is 5.97 Å². The second kappa shape index (κ2) is 15.2. The third-order valence-electron chi connectivity index (χ3n) is 8.18. The average Bonchev–Trinajstić information content (AvgIpc) is 3.48. The van der Waals surface area contributed by atoms with E-state index in [4.69, 9.17) is 14.2 Å². The Morgan fingerprint density at radius 2 is 1.93 bits per heavy atom. The van der Waals surface area contributed by atoms with E-state index < -0.39 is 20.2 Å². The SMILES string of the molecule is COCCCc1cn(COCC[Si](C)(C)C)c2ccc(C(O)C(CC(N=[N+]=[N-])C3=CC(C(C)C)C(=O)O3)C(C)C)cc12. The number of carbonyl (C=O) groups is 1. The number of aliphatic hydroxyl groups is 1. The zero-order valence-electron chi connectivity index (χ0n) is 26.7. The maximum atomic E-state index is 12.4. The smallest absolute Gasteiger partial charge is 0.318 e. The van der Waals surface area contributed by atoms with Crippen molar-refractivity contribution in [3.05, 3.63) is 57.8 Å². The summed E-state index contributed by atoms with van der Waals surface area (Å²) in [5.41, 5.74) is 12.4. The first-order valence-corrected chi connectivity index (χ1v) is 18.9. The van der Waals surface area contributed by atoms with E-state index in [1.54, 1.807) is 13.2 Å². The molecule has 2 heterocycles. The Morgan fingerprint density at radius 3 is 2.52 bits per heavy atom. The molecule has 0 saturated heterocycles. The summed E-state index contributed by atoms with van der Waals surface area (Å²) in [7, 11) is 0.539. The molecule has 0 spiro atoms. The number of methoxy groups -OCH3 is 1. The Labute approximate surface area is 251 Å². The molecule has 0 bridgehead atoms. The van der Waals surface area contributed by atoms with Crippen molar-refractivity contribution in [1.82, 2.24) is 4.57 Å². The number of rotatable bonds is 17. The van der Waals surface area contributed by atoms with Crippen molar-refractivity contribution in [2.45, 2.75) is 91.5 Å². The van der Waals surface area contributed by atoms with Crippen LogP contribution in [0.5, 0.6) is 0 Å². The molecule has 9 nitrogen and oxygen atoms in total. The minimum absolute atomic E-state index is 0.0797. The summed E-state index contributed by atoms with van der Waals surface area (Å²) in [6, 6.07) is 6.57.